The zero-order chi connectivity index (χ0) is 15.9. The van der Waals surface area contributed by atoms with E-state index in [9.17, 15) is 4.39 Å². The van der Waals surface area contributed by atoms with E-state index in [0.717, 1.165) is 31.7 Å². The van der Waals surface area contributed by atoms with Gasteiger partial charge in [-0.1, -0.05) is 32.1 Å². The summed E-state index contributed by atoms with van der Waals surface area (Å²) in [4.78, 5) is 2.40. The van der Waals surface area contributed by atoms with E-state index in [2.05, 4.69) is 48.2 Å². The number of benzene rings is 1. The average Bonchev–Trinajstić information content (AvgIpc) is 2.88. The van der Waals surface area contributed by atoms with Crippen LogP contribution in [0.1, 0.15) is 25.1 Å². The minimum atomic E-state index is -0.189. The van der Waals surface area contributed by atoms with E-state index in [1.165, 1.54) is 17.8 Å². The molecule has 22 heavy (non-hydrogen) atoms. The second kappa shape index (κ2) is 7.95. The first-order valence-corrected chi connectivity index (χ1v) is 7.80. The first-order chi connectivity index (χ1) is 10.6. The van der Waals surface area contributed by atoms with Crippen molar-refractivity contribution in [1.82, 2.24) is 9.47 Å². The Hall–Kier alpha value is -1.87. The molecule has 0 saturated carbocycles. The predicted octanol–water partition coefficient (Wildman–Crippen LogP) is 4.32. The summed E-state index contributed by atoms with van der Waals surface area (Å²) in [5.74, 6) is 0.436. The highest BCUT2D eigenvalue weighted by atomic mass is 19.1. The maximum absolute atomic E-state index is 13.0. The lowest BCUT2D eigenvalue weighted by Gasteiger charge is -2.23. The van der Waals surface area contributed by atoms with E-state index in [1.807, 2.05) is 18.2 Å². The molecule has 0 aliphatic heterocycles. The van der Waals surface area contributed by atoms with Crippen molar-refractivity contribution in [3.8, 4) is 0 Å². The summed E-state index contributed by atoms with van der Waals surface area (Å²) in [5, 5.41) is 0. The number of hydrogen-bond donors (Lipinski definition) is 0. The normalized spacial score (nSPS) is 11.3. The number of hydrogen-bond acceptors (Lipinski definition) is 1. The largest absolute Gasteiger partial charge is 0.346 e. The molecule has 118 valence electrons. The van der Waals surface area contributed by atoms with Crippen LogP contribution in [0.2, 0.25) is 0 Å². The van der Waals surface area contributed by atoms with Gasteiger partial charge in [-0.2, -0.15) is 0 Å². The summed E-state index contributed by atoms with van der Waals surface area (Å²) in [6.07, 6.45) is 4.04. The fourth-order valence-corrected chi connectivity index (χ4v) is 2.67. The first kappa shape index (κ1) is 16.5. The summed E-state index contributed by atoms with van der Waals surface area (Å²) in [7, 11) is 0. The monoisotopic (exact) mass is 300 g/mol. The van der Waals surface area contributed by atoms with Crippen molar-refractivity contribution in [3.63, 3.8) is 0 Å². The van der Waals surface area contributed by atoms with Crippen molar-refractivity contribution < 1.29 is 4.39 Å². The molecular formula is C19H25FN2. The van der Waals surface area contributed by atoms with Gasteiger partial charge in [0.05, 0.1) is 0 Å². The average molecular weight is 300 g/mol. The summed E-state index contributed by atoms with van der Waals surface area (Å²) in [5.41, 5.74) is 2.38. The molecule has 0 unspecified atom stereocenters. The van der Waals surface area contributed by atoms with Gasteiger partial charge in [0.1, 0.15) is 5.82 Å². The Morgan fingerprint density at radius 1 is 1.23 bits per heavy atom. The van der Waals surface area contributed by atoms with Gasteiger partial charge in [0.2, 0.25) is 0 Å². The molecule has 0 atom stereocenters. The van der Waals surface area contributed by atoms with Gasteiger partial charge in [0, 0.05) is 38.1 Å². The molecule has 2 nitrogen and oxygen atoms in total. The van der Waals surface area contributed by atoms with Crippen molar-refractivity contribution in [2.24, 2.45) is 5.92 Å². The molecule has 0 spiro atoms. The van der Waals surface area contributed by atoms with Crippen LogP contribution in [-0.4, -0.2) is 22.6 Å². The van der Waals surface area contributed by atoms with Crippen LogP contribution in [0.5, 0.6) is 0 Å². The quantitative estimate of drug-likeness (QED) is 0.659. The molecule has 3 heteroatoms. The highest BCUT2D eigenvalue weighted by Crippen LogP contribution is 2.12. The molecule has 1 aromatic heterocycles. The van der Waals surface area contributed by atoms with E-state index in [-0.39, 0.29) is 5.82 Å². The third-order valence-corrected chi connectivity index (χ3v) is 3.59. The van der Waals surface area contributed by atoms with Gasteiger partial charge in [0.25, 0.3) is 0 Å². The van der Waals surface area contributed by atoms with Gasteiger partial charge >= 0.3 is 0 Å². The van der Waals surface area contributed by atoms with Gasteiger partial charge < -0.3 is 4.57 Å². The second-order valence-electron chi connectivity index (χ2n) is 6.13. The van der Waals surface area contributed by atoms with Crippen LogP contribution in [0, 0.1) is 11.7 Å². The Bertz CT molecular complexity index is 584. The highest BCUT2D eigenvalue weighted by Gasteiger charge is 2.10. The lowest BCUT2D eigenvalue weighted by atomic mass is 10.2. The Labute approximate surface area is 132 Å². The Kier molecular flexibility index (Phi) is 5.96. The zero-order valence-corrected chi connectivity index (χ0v) is 13.5. The van der Waals surface area contributed by atoms with Crippen molar-refractivity contribution in [3.05, 3.63) is 72.3 Å². The molecule has 0 fully saturated rings. The topological polar surface area (TPSA) is 8.17 Å². The summed E-state index contributed by atoms with van der Waals surface area (Å²) in [6, 6.07) is 10.9. The molecule has 2 aromatic rings. The SMILES string of the molecule is C=CCN(Cc1cccn1Cc1ccc(F)cc1)CC(C)C. The van der Waals surface area contributed by atoms with Gasteiger partial charge in [-0.25, -0.2) is 4.39 Å². The van der Waals surface area contributed by atoms with Gasteiger partial charge in [-0.05, 0) is 35.7 Å². The Morgan fingerprint density at radius 2 is 1.95 bits per heavy atom. The maximum Gasteiger partial charge on any atom is 0.123 e. The standard InChI is InChI=1S/C19H25FN2/c1-4-11-21(13-16(2)3)15-19-6-5-12-22(19)14-17-7-9-18(20)10-8-17/h4-10,12,16H,1,11,13-15H2,2-3H3. The van der Waals surface area contributed by atoms with E-state index in [0.29, 0.717) is 5.92 Å². The van der Waals surface area contributed by atoms with Crippen LogP contribution < -0.4 is 0 Å². The molecule has 0 bridgehead atoms. The molecule has 1 heterocycles. The summed E-state index contributed by atoms with van der Waals surface area (Å²) < 4.78 is 15.2. The summed E-state index contributed by atoms with van der Waals surface area (Å²) in [6.45, 7) is 11.9. The third-order valence-electron chi connectivity index (χ3n) is 3.59. The molecular weight excluding hydrogens is 275 g/mol. The van der Waals surface area contributed by atoms with Crippen LogP contribution in [-0.2, 0) is 13.1 Å². The lowest BCUT2D eigenvalue weighted by molar-refractivity contribution is 0.255. The van der Waals surface area contributed by atoms with Crippen LogP contribution >= 0.6 is 0 Å². The molecule has 2 rings (SSSR count). The van der Waals surface area contributed by atoms with E-state index < -0.39 is 0 Å². The smallest absolute Gasteiger partial charge is 0.123 e. The molecule has 0 saturated heterocycles. The van der Waals surface area contributed by atoms with E-state index >= 15 is 0 Å². The van der Waals surface area contributed by atoms with E-state index in [1.54, 1.807) is 0 Å². The van der Waals surface area contributed by atoms with Gasteiger partial charge in [-0.3, -0.25) is 4.90 Å². The van der Waals surface area contributed by atoms with Crippen LogP contribution in [0.4, 0.5) is 4.39 Å². The minimum Gasteiger partial charge on any atom is -0.346 e. The highest BCUT2D eigenvalue weighted by molar-refractivity contribution is 5.18. The van der Waals surface area contributed by atoms with Crippen molar-refractivity contribution in [1.29, 1.82) is 0 Å². The number of aromatic nitrogens is 1. The van der Waals surface area contributed by atoms with Crippen LogP contribution in [0.15, 0.2) is 55.3 Å². The van der Waals surface area contributed by atoms with E-state index in [4.69, 9.17) is 0 Å². The van der Waals surface area contributed by atoms with Crippen LogP contribution in [0.25, 0.3) is 0 Å². The number of rotatable bonds is 8. The predicted molar refractivity (Wildman–Crippen MR) is 90.2 cm³/mol. The molecule has 1 aromatic carbocycles. The number of nitrogens with zero attached hydrogens (tertiary/aromatic N) is 2. The van der Waals surface area contributed by atoms with Crippen LogP contribution in [0.3, 0.4) is 0 Å². The van der Waals surface area contributed by atoms with Gasteiger partial charge in [0.15, 0.2) is 0 Å². The van der Waals surface area contributed by atoms with Gasteiger partial charge in [-0.15, -0.1) is 6.58 Å². The Morgan fingerprint density at radius 3 is 2.59 bits per heavy atom. The maximum atomic E-state index is 13.0. The minimum absolute atomic E-state index is 0.189. The number of halogens is 1. The molecule has 0 N–H and O–H groups in total. The van der Waals surface area contributed by atoms with Crippen molar-refractivity contribution in [2.75, 3.05) is 13.1 Å². The van der Waals surface area contributed by atoms with Crippen molar-refractivity contribution >= 4 is 0 Å². The van der Waals surface area contributed by atoms with Crippen molar-refractivity contribution in [2.45, 2.75) is 26.9 Å². The molecule has 0 radical (unpaired) electrons. The molecule has 0 aliphatic carbocycles. The Balaban J connectivity index is 2.07. The zero-order valence-electron chi connectivity index (χ0n) is 13.5. The fourth-order valence-electron chi connectivity index (χ4n) is 2.67. The molecule has 0 aliphatic rings. The first-order valence-electron chi connectivity index (χ1n) is 7.80. The third kappa shape index (κ3) is 4.85. The second-order valence-corrected chi connectivity index (χ2v) is 6.13. The lowest BCUT2D eigenvalue weighted by Crippen LogP contribution is -2.28. The fraction of sp³-hybridized carbons (Fsp3) is 0.368. The summed E-state index contributed by atoms with van der Waals surface area (Å²) >= 11 is 0. The molecule has 0 amide bonds.